The molecule has 162 valence electrons. The van der Waals surface area contributed by atoms with Crippen molar-refractivity contribution in [2.24, 2.45) is 0 Å². The summed E-state index contributed by atoms with van der Waals surface area (Å²) in [4.78, 5) is 43.5. The number of anilines is 1. The van der Waals surface area contributed by atoms with Crippen LogP contribution in [0.25, 0.3) is 22.2 Å². The quantitative estimate of drug-likeness (QED) is 0.362. The Hall–Kier alpha value is -4.34. The summed E-state index contributed by atoms with van der Waals surface area (Å²) in [6.45, 7) is 2.10. The van der Waals surface area contributed by atoms with Crippen molar-refractivity contribution >= 4 is 22.6 Å². The second kappa shape index (κ2) is 8.80. The van der Waals surface area contributed by atoms with Crippen LogP contribution in [0.1, 0.15) is 21.7 Å². The van der Waals surface area contributed by atoms with Crippen LogP contribution >= 0.6 is 0 Å². The first kappa shape index (κ1) is 20.9. The number of aromatic hydroxyl groups is 1. The van der Waals surface area contributed by atoms with Gasteiger partial charge in [0, 0.05) is 31.2 Å². The number of nitrogens with zero attached hydrogens (tertiary/aromatic N) is 4. The normalized spacial score (nSPS) is 10.8. The molecule has 0 unspecified atom stereocenters. The Morgan fingerprint density at radius 3 is 2.81 bits per heavy atom. The fourth-order valence-corrected chi connectivity index (χ4v) is 3.49. The predicted octanol–water partition coefficient (Wildman–Crippen LogP) is 1.80. The number of aromatic amines is 1. The standard InChI is InChI=1S/C22H21N7O3/c1-12-28-21(31)18(22(32)29-12)16-10-17(27-11-26-16)24-8-6-13-4-3-5-14-15(20(30)23-2)7-9-25-19(13)14/h3-5,7,9-11H,6,8H2,1-2H3,(H,23,30)(H,24,26,27)(H2,28,29,31,32). The van der Waals surface area contributed by atoms with Crippen LogP contribution in [0.3, 0.4) is 0 Å². The molecule has 3 heterocycles. The fraction of sp³-hybridized carbons (Fsp3) is 0.182. The molecule has 10 nitrogen and oxygen atoms in total. The first-order valence-corrected chi connectivity index (χ1v) is 9.92. The van der Waals surface area contributed by atoms with Gasteiger partial charge in [0.25, 0.3) is 11.5 Å². The van der Waals surface area contributed by atoms with Crippen LogP contribution in [0.4, 0.5) is 5.82 Å². The van der Waals surface area contributed by atoms with E-state index in [0.717, 1.165) is 16.5 Å². The van der Waals surface area contributed by atoms with Gasteiger partial charge >= 0.3 is 0 Å². The van der Waals surface area contributed by atoms with Crippen LogP contribution in [0.15, 0.2) is 47.7 Å². The van der Waals surface area contributed by atoms with Gasteiger partial charge in [-0.15, -0.1) is 0 Å². The number of carbonyl (C=O) groups excluding carboxylic acids is 1. The Kier molecular flexibility index (Phi) is 5.75. The van der Waals surface area contributed by atoms with Gasteiger partial charge in [-0.05, 0) is 25.0 Å². The molecule has 0 bridgehead atoms. The Labute approximate surface area is 182 Å². The molecule has 0 saturated heterocycles. The lowest BCUT2D eigenvalue weighted by atomic mass is 10.0. The fourth-order valence-electron chi connectivity index (χ4n) is 3.49. The number of hydrogen-bond acceptors (Lipinski definition) is 8. The van der Waals surface area contributed by atoms with Gasteiger partial charge in [-0.25, -0.2) is 15.0 Å². The minimum Gasteiger partial charge on any atom is -0.493 e. The molecule has 1 amide bonds. The molecule has 0 aliphatic carbocycles. The Bertz CT molecular complexity index is 1370. The Morgan fingerprint density at radius 2 is 2.03 bits per heavy atom. The minimum absolute atomic E-state index is 0.0129. The van der Waals surface area contributed by atoms with Crippen molar-refractivity contribution in [2.75, 3.05) is 18.9 Å². The number of benzene rings is 1. The number of fused-ring (bicyclic) bond motifs is 1. The van der Waals surface area contributed by atoms with Crippen molar-refractivity contribution in [3.05, 3.63) is 70.2 Å². The Balaban J connectivity index is 1.54. The maximum atomic E-state index is 12.2. The molecule has 3 aromatic heterocycles. The molecule has 0 aliphatic rings. The van der Waals surface area contributed by atoms with E-state index >= 15 is 0 Å². The zero-order valence-corrected chi connectivity index (χ0v) is 17.5. The number of aryl methyl sites for hydroxylation is 1. The molecule has 4 rings (SSSR count). The maximum Gasteiger partial charge on any atom is 0.264 e. The van der Waals surface area contributed by atoms with Gasteiger partial charge < -0.3 is 20.7 Å². The number of amides is 1. The third-order valence-electron chi connectivity index (χ3n) is 4.97. The molecule has 0 aliphatic heterocycles. The molecule has 4 aromatic rings. The topological polar surface area (TPSA) is 146 Å². The number of aromatic nitrogens is 5. The molecular formula is C22H21N7O3. The van der Waals surface area contributed by atoms with Crippen molar-refractivity contribution < 1.29 is 9.90 Å². The number of pyridine rings is 1. The smallest absolute Gasteiger partial charge is 0.264 e. The lowest BCUT2D eigenvalue weighted by Crippen LogP contribution is -2.18. The number of carbonyl (C=O) groups is 1. The van der Waals surface area contributed by atoms with Gasteiger partial charge in [0.15, 0.2) is 0 Å². The number of para-hydroxylation sites is 1. The summed E-state index contributed by atoms with van der Waals surface area (Å²) in [5.74, 6) is 0.259. The van der Waals surface area contributed by atoms with Crippen LogP contribution in [0.5, 0.6) is 5.88 Å². The summed E-state index contributed by atoms with van der Waals surface area (Å²) in [6, 6.07) is 9.01. The molecular weight excluding hydrogens is 410 g/mol. The second-order valence-electron chi connectivity index (χ2n) is 7.07. The second-order valence-corrected chi connectivity index (χ2v) is 7.07. The summed E-state index contributed by atoms with van der Waals surface area (Å²) < 4.78 is 0. The number of hydrogen-bond donors (Lipinski definition) is 4. The van der Waals surface area contributed by atoms with Crippen LogP contribution in [0.2, 0.25) is 0 Å². The van der Waals surface area contributed by atoms with Gasteiger partial charge in [-0.2, -0.15) is 0 Å². The van der Waals surface area contributed by atoms with Gasteiger partial charge in [0.05, 0.1) is 16.8 Å². The zero-order valence-electron chi connectivity index (χ0n) is 17.5. The highest BCUT2D eigenvalue weighted by Gasteiger charge is 2.15. The monoisotopic (exact) mass is 431 g/mol. The van der Waals surface area contributed by atoms with Crippen molar-refractivity contribution in [1.82, 2.24) is 30.2 Å². The van der Waals surface area contributed by atoms with E-state index in [4.69, 9.17) is 0 Å². The van der Waals surface area contributed by atoms with Crippen molar-refractivity contribution in [1.29, 1.82) is 0 Å². The van der Waals surface area contributed by atoms with E-state index in [1.807, 2.05) is 18.2 Å². The van der Waals surface area contributed by atoms with Crippen molar-refractivity contribution in [3.8, 4) is 17.1 Å². The van der Waals surface area contributed by atoms with Gasteiger partial charge in [-0.1, -0.05) is 18.2 Å². The molecule has 0 radical (unpaired) electrons. The van der Waals surface area contributed by atoms with Crippen LogP contribution in [-0.2, 0) is 6.42 Å². The highest BCUT2D eigenvalue weighted by atomic mass is 16.3. The predicted molar refractivity (Wildman–Crippen MR) is 120 cm³/mol. The Morgan fingerprint density at radius 1 is 1.19 bits per heavy atom. The van der Waals surface area contributed by atoms with Crippen molar-refractivity contribution in [3.63, 3.8) is 0 Å². The minimum atomic E-state index is -0.478. The van der Waals surface area contributed by atoms with E-state index in [-0.39, 0.29) is 23.0 Å². The summed E-state index contributed by atoms with van der Waals surface area (Å²) in [5, 5.41) is 16.7. The third kappa shape index (κ3) is 4.10. The van der Waals surface area contributed by atoms with Gasteiger partial charge in [-0.3, -0.25) is 14.6 Å². The van der Waals surface area contributed by atoms with E-state index in [0.29, 0.717) is 30.2 Å². The van der Waals surface area contributed by atoms with Gasteiger partial charge in [0.2, 0.25) is 5.88 Å². The maximum absolute atomic E-state index is 12.2. The lowest BCUT2D eigenvalue weighted by molar-refractivity contribution is 0.0964. The first-order valence-electron chi connectivity index (χ1n) is 9.92. The third-order valence-corrected chi connectivity index (χ3v) is 4.97. The van der Waals surface area contributed by atoms with E-state index in [9.17, 15) is 14.7 Å². The SMILES string of the molecule is CNC(=O)c1ccnc2c(CCNc3cc(-c4c(O)nc(C)[nH]c4=O)ncn3)cccc12. The average molecular weight is 431 g/mol. The first-order chi connectivity index (χ1) is 15.5. The number of H-pyrrole nitrogens is 1. The van der Waals surface area contributed by atoms with Crippen LogP contribution in [-0.4, -0.2) is 49.5 Å². The summed E-state index contributed by atoms with van der Waals surface area (Å²) in [6.07, 6.45) is 3.56. The molecule has 32 heavy (non-hydrogen) atoms. The van der Waals surface area contributed by atoms with Crippen LogP contribution in [0, 0.1) is 6.92 Å². The molecule has 0 fully saturated rings. The summed E-state index contributed by atoms with van der Waals surface area (Å²) >= 11 is 0. The average Bonchev–Trinajstić information content (AvgIpc) is 2.78. The molecule has 10 heteroatoms. The number of rotatable bonds is 6. The molecule has 1 aromatic carbocycles. The molecule has 0 saturated carbocycles. The van der Waals surface area contributed by atoms with E-state index in [1.54, 1.807) is 32.3 Å². The largest absolute Gasteiger partial charge is 0.493 e. The number of nitrogens with one attached hydrogen (secondary N) is 3. The molecule has 0 atom stereocenters. The summed E-state index contributed by atoms with van der Waals surface area (Å²) in [5.41, 5.74) is 2.09. The van der Waals surface area contributed by atoms with E-state index < -0.39 is 5.56 Å². The van der Waals surface area contributed by atoms with E-state index in [1.165, 1.54) is 6.33 Å². The summed E-state index contributed by atoms with van der Waals surface area (Å²) in [7, 11) is 1.60. The van der Waals surface area contributed by atoms with E-state index in [2.05, 4.69) is 35.6 Å². The highest BCUT2D eigenvalue weighted by molar-refractivity contribution is 6.06. The highest BCUT2D eigenvalue weighted by Crippen LogP contribution is 2.23. The molecule has 0 spiro atoms. The molecule has 4 N–H and O–H groups in total. The van der Waals surface area contributed by atoms with Crippen LogP contribution < -0.4 is 16.2 Å². The van der Waals surface area contributed by atoms with Gasteiger partial charge in [0.1, 0.15) is 23.5 Å². The van der Waals surface area contributed by atoms with Crippen molar-refractivity contribution in [2.45, 2.75) is 13.3 Å². The zero-order chi connectivity index (χ0) is 22.7. The lowest BCUT2D eigenvalue weighted by Gasteiger charge is -2.10.